The quantitative estimate of drug-likeness (QED) is 0.807. The third-order valence-corrected chi connectivity index (χ3v) is 2.51. The number of pyridine rings is 1. The Morgan fingerprint density at radius 2 is 2.33 bits per heavy atom. The molecule has 7 heteroatoms. The van der Waals surface area contributed by atoms with Crippen LogP contribution in [0, 0.1) is 0 Å². The Labute approximate surface area is 102 Å². The molecule has 0 aliphatic rings. The molecule has 0 aromatic carbocycles. The maximum Gasteiger partial charge on any atom is 0.350 e. The largest absolute Gasteiger partial charge is 0.479 e. The summed E-state index contributed by atoms with van der Waals surface area (Å²) in [6.07, 6.45) is 0.736. The van der Waals surface area contributed by atoms with Gasteiger partial charge in [0.25, 0.3) is 0 Å². The first kappa shape index (κ1) is 12.3. The van der Waals surface area contributed by atoms with Crippen LogP contribution in [0.5, 0.6) is 0 Å². The molecule has 2 aromatic heterocycles. The van der Waals surface area contributed by atoms with Crippen molar-refractivity contribution in [1.29, 1.82) is 0 Å². The van der Waals surface area contributed by atoms with Crippen molar-refractivity contribution in [3.63, 3.8) is 0 Å². The lowest BCUT2D eigenvalue weighted by Gasteiger charge is -2.07. The van der Waals surface area contributed by atoms with E-state index in [9.17, 15) is 9.59 Å². The molecule has 7 nitrogen and oxygen atoms in total. The summed E-state index contributed by atoms with van der Waals surface area (Å²) >= 11 is 0. The van der Waals surface area contributed by atoms with Gasteiger partial charge in [0, 0.05) is 6.20 Å². The average Bonchev–Trinajstić information content (AvgIpc) is 2.67. The van der Waals surface area contributed by atoms with Crippen molar-refractivity contribution in [2.75, 3.05) is 6.61 Å². The van der Waals surface area contributed by atoms with Gasteiger partial charge in [0.15, 0.2) is 11.8 Å². The van der Waals surface area contributed by atoms with Crippen LogP contribution in [-0.4, -0.2) is 38.0 Å². The van der Waals surface area contributed by atoms with Gasteiger partial charge in [-0.05, 0) is 19.1 Å². The molecule has 1 N–H and O–H groups in total. The zero-order chi connectivity index (χ0) is 13.1. The number of nitrogens with zero attached hydrogens (tertiary/aromatic N) is 3. The minimum atomic E-state index is -1.03. The summed E-state index contributed by atoms with van der Waals surface area (Å²) in [4.78, 5) is 22.4. The highest BCUT2D eigenvalue weighted by Crippen LogP contribution is 1.96. The summed E-state index contributed by atoms with van der Waals surface area (Å²) in [5, 5.41) is 12.7. The molecule has 96 valence electrons. The number of ether oxygens (including phenoxy) is 1. The van der Waals surface area contributed by atoms with E-state index in [-0.39, 0.29) is 18.8 Å². The first-order chi connectivity index (χ1) is 8.59. The van der Waals surface area contributed by atoms with Crippen molar-refractivity contribution in [3.05, 3.63) is 34.9 Å². The van der Waals surface area contributed by atoms with Gasteiger partial charge in [-0.15, -0.1) is 5.10 Å². The average molecular weight is 251 g/mol. The van der Waals surface area contributed by atoms with Crippen LogP contribution in [0.1, 0.15) is 6.92 Å². The van der Waals surface area contributed by atoms with Crippen molar-refractivity contribution in [2.45, 2.75) is 19.6 Å². The van der Waals surface area contributed by atoms with Gasteiger partial charge >= 0.3 is 11.7 Å². The van der Waals surface area contributed by atoms with Crippen molar-refractivity contribution >= 4 is 11.6 Å². The molecular formula is C11H13N3O4. The molecule has 0 amide bonds. The zero-order valence-corrected chi connectivity index (χ0v) is 9.81. The normalized spacial score (nSPS) is 12.7. The lowest BCUT2D eigenvalue weighted by molar-refractivity contribution is -0.149. The van der Waals surface area contributed by atoms with Crippen LogP contribution in [0.15, 0.2) is 29.2 Å². The van der Waals surface area contributed by atoms with Crippen LogP contribution in [-0.2, 0) is 16.1 Å². The zero-order valence-electron chi connectivity index (χ0n) is 9.81. The van der Waals surface area contributed by atoms with Crippen LogP contribution >= 0.6 is 0 Å². The molecule has 0 aliphatic heterocycles. The smallest absolute Gasteiger partial charge is 0.350 e. The van der Waals surface area contributed by atoms with Gasteiger partial charge in [-0.25, -0.2) is 14.3 Å². The van der Waals surface area contributed by atoms with E-state index < -0.39 is 12.1 Å². The number of carboxylic acids is 1. The predicted octanol–water partition coefficient (Wildman–Crippen LogP) is -0.0143. The molecule has 2 aromatic rings. The molecule has 0 spiro atoms. The summed E-state index contributed by atoms with van der Waals surface area (Å²) in [7, 11) is 0. The Balaban J connectivity index is 2.06. The molecule has 0 bridgehead atoms. The monoisotopic (exact) mass is 251 g/mol. The number of hydrogen-bond acceptors (Lipinski definition) is 4. The van der Waals surface area contributed by atoms with Crippen LogP contribution in [0.3, 0.4) is 0 Å². The van der Waals surface area contributed by atoms with Crippen LogP contribution < -0.4 is 5.69 Å². The van der Waals surface area contributed by atoms with Crippen molar-refractivity contribution in [2.24, 2.45) is 0 Å². The number of hydrogen-bond donors (Lipinski definition) is 1. The number of fused-ring (bicyclic) bond motifs is 1. The van der Waals surface area contributed by atoms with E-state index in [1.54, 1.807) is 24.4 Å². The second kappa shape index (κ2) is 5.01. The lowest BCUT2D eigenvalue weighted by Crippen LogP contribution is -2.26. The van der Waals surface area contributed by atoms with Gasteiger partial charge < -0.3 is 9.84 Å². The third-order valence-electron chi connectivity index (χ3n) is 2.51. The molecule has 0 aliphatic carbocycles. The van der Waals surface area contributed by atoms with Gasteiger partial charge in [0.2, 0.25) is 0 Å². The minimum Gasteiger partial charge on any atom is -0.479 e. The fraction of sp³-hybridized carbons (Fsp3) is 0.364. The summed E-state index contributed by atoms with van der Waals surface area (Å²) in [5.74, 6) is -1.03. The van der Waals surface area contributed by atoms with E-state index in [2.05, 4.69) is 5.10 Å². The Morgan fingerprint density at radius 3 is 3.00 bits per heavy atom. The highest BCUT2D eigenvalue weighted by atomic mass is 16.5. The van der Waals surface area contributed by atoms with E-state index in [1.807, 2.05) is 0 Å². The van der Waals surface area contributed by atoms with E-state index in [4.69, 9.17) is 9.84 Å². The molecule has 1 unspecified atom stereocenters. The van der Waals surface area contributed by atoms with Gasteiger partial charge in [-0.2, -0.15) is 0 Å². The summed E-state index contributed by atoms with van der Waals surface area (Å²) in [6.45, 7) is 1.78. The first-order valence-electron chi connectivity index (χ1n) is 5.48. The van der Waals surface area contributed by atoms with Crippen LogP contribution in [0.4, 0.5) is 0 Å². The number of rotatable bonds is 5. The maximum absolute atomic E-state index is 11.8. The lowest BCUT2D eigenvalue weighted by atomic mass is 10.4. The van der Waals surface area contributed by atoms with Crippen molar-refractivity contribution in [3.8, 4) is 0 Å². The molecule has 0 saturated heterocycles. The maximum atomic E-state index is 11.8. The highest BCUT2D eigenvalue weighted by molar-refractivity contribution is 5.71. The molecule has 1 atom stereocenters. The van der Waals surface area contributed by atoms with Crippen molar-refractivity contribution in [1.82, 2.24) is 14.2 Å². The topological polar surface area (TPSA) is 85.8 Å². The Kier molecular flexibility index (Phi) is 3.42. The standard InChI is InChI=1S/C11H13N3O4/c1-8(10(15)16)18-7-6-14-11(17)13-5-3-2-4-9(13)12-14/h2-5,8H,6-7H2,1H3,(H,15,16). The third kappa shape index (κ3) is 2.40. The van der Waals surface area contributed by atoms with Gasteiger partial charge in [0.1, 0.15) is 0 Å². The van der Waals surface area contributed by atoms with E-state index in [1.165, 1.54) is 16.0 Å². The molecule has 0 radical (unpaired) electrons. The SMILES string of the molecule is CC(OCCn1nc2ccccn2c1=O)C(=O)O. The molecule has 0 saturated carbocycles. The Morgan fingerprint density at radius 1 is 1.56 bits per heavy atom. The van der Waals surface area contributed by atoms with Gasteiger partial charge in [0.05, 0.1) is 13.2 Å². The molecule has 0 fully saturated rings. The summed E-state index contributed by atoms with van der Waals surface area (Å²) in [6, 6.07) is 5.25. The van der Waals surface area contributed by atoms with Gasteiger partial charge in [-0.1, -0.05) is 6.07 Å². The Hall–Kier alpha value is -2.15. The molecule has 18 heavy (non-hydrogen) atoms. The predicted molar refractivity (Wildman–Crippen MR) is 62.5 cm³/mol. The highest BCUT2D eigenvalue weighted by Gasteiger charge is 2.11. The summed E-state index contributed by atoms with van der Waals surface area (Å²) in [5.41, 5.74) is 0.283. The second-order valence-corrected chi connectivity index (χ2v) is 3.79. The first-order valence-corrected chi connectivity index (χ1v) is 5.48. The number of carbonyl (C=O) groups is 1. The number of aliphatic carboxylic acids is 1. The van der Waals surface area contributed by atoms with Crippen molar-refractivity contribution < 1.29 is 14.6 Å². The van der Waals surface area contributed by atoms with Crippen LogP contribution in [0.25, 0.3) is 5.65 Å². The second-order valence-electron chi connectivity index (χ2n) is 3.79. The molecular weight excluding hydrogens is 238 g/mol. The number of aromatic nitrogens is 3. The molecule has 2 rings (SSSR count). The minimum absolute atomic E-state index is 0.122. The van der Waals surface area contributed by atoms with E-state index in [0.29, 0.717) is 5.65 Å². The number of carboxylic acid groups (broad SMARTS) is 1. The van der Waals surface area contributed by atoms with Crippen LogP contribution in [0.2, 0.25) is 0 Å². The van der Waals surface area contributed by atoms with E-state index in [0.717, 1.165) is 0 Å². The van der Waals surface area contributed by atoms with E-state index >= 15 is 0 Å². The fourth-order valence-corrected chi connectivity index (χ4v) is 1.50. The van der Waals surface area contributed by atoms with Gasteiger partial charge in [-0.3, -0.25) is 4.40 Å². The summed E-state index contributed by atoms with van der Waals surface area (Å²) < 4.78 is 7.72. The Bertz CT molecular complexity index is 616. The molecule has 2 heterocycles. The fourth-order valence-electron chi connectivity index (χ4n) is 1.50.